The molecule has 0 aliphatic carbocycles. The number of carbonyl (C=O) groups excluding carboxylic acids is 1. The van der Waals surface area contributed by atoms with E-state index in [-0.39, 0.29) is 17.1 Å². The molecule has 1 heterocycles. The summed E-state index contributed by atoms with van der Waals surface area (Å²) in [5.41, 5.74) is -0.0925. The molecule has 1 aromatic heterocycles. The van der Waals surface area contributed by atoms with E-state index < -0.39 is 5.91 Å². The van der Waals surface area contributed by atoms with Crippen LogP contribution in [0.5, 0.6) is 11.5 Å². The van der Waals surface area contributed by atoms with Crippen LogP contribution < -0.4 is 5.32 Å². The van der Waals surface area contributed by atoms with Gasteiger partial charge in [0, 0.05) is 25.5 Å². The summed E-state index contributed by atoms with van der Waals surface area (Å²) in [6, 6.07) is 4.20. The van der Waals surface area contributed by atoms with Gasteiger partial charge in [-0.25, -0.2) is 4.98 Å². The van der Waals surface area contributed by atoms with Crippen LogP contribution in [-0.2, 0) is 6.54 Å². The van der Waals surface area contributed by atoms with E-state index in [0.29, 0.717) is 6.54 Å². The fourth-order valence-corrected chi connectivity index (χ4v) is 1.73. The number of phenolic OH excluding ortho intramolecular Hbond substituents is 2. The lowest BCUT2D eigenvalue weighted by molar-refractivity contribution is 0.0947. The minimum atomic E-state index is -0.485. The van der Waals surface area contributed by atoms with Gasteiger partial charge in [-0.1, -0.05) is 6.07 Å². The minimum absolute atomic E-state index is 0.0925. The zero-order valence-electron chi connectivity index (χ0n) is 10.3. The molecule has 0 saturated carbocycles. The normalized spacial score (nSPS) is 10.3. The number of aromatic nitrogens is 2. The maximum atomic E-state index is 11.8. The van der Waals surface area contributed by atoms with Crippen LogP contribution in [0, 0.1) is 0 Å². The molecule has 0 saturated heterocycles. The third kappa shape index (κ3) is 3.25. The van der Waals surface area contributed by atoms with Crippen LogP contribution >= 0.6 is 0 Å². The number of phenols is 2. The van der Waals surface area contributed by atoms with Gasteiger partial charge in [-0.2, -0.15) is 0 Å². The number of aromatic hydroxyl groups is 2. The first-order valence-electron chi connectivity index (χ1n) is 5.93. The number of nitrogens with one attached hydrogen (secondary N) is 1. The van der Waals surface area contributed by atoms with E-state index in [1.54, 1.807) is 12.5 Å². The molecule has 0 bridgehead atoms. The lowest BCUT2D eigenvalue weighted by atomic mass is 10.1. The molecule has 1 aromatic carbocycles. The standard InChI is InChI=1S/C13H15N3O3/c17-10-3-1-4-11(18)12(10)13(19)15-5-2-7-16-8-6-14-9-16/h1,3-4,6,8-9,17-18H,2,5,7H2,(H,15,19). The van der Waals surface area contributed by atoms with Crippen molar-refractivity contribution in [3.63, 3.8) is 0 Å². The molecule has 0 radical (unpaired) electrons. The summed E-state index contributed by atoms with van der Waals surface area (Å²) in [7, 11) is 0. The predicted octanol–water partition coefficient (Wildman–Crippen LogP) is 1.11. The first-order valence-corrected chi connectivity index (χ1v) is 5.93. The van der Waals surface area contributed by atoms with Crippen molar-refractivity contribution in [2.24, 2.45) is 0 Å². The highest BCUT2D eigenvalue weighted by Crippen LogP contribution is 2.25. The van der Waals surface area contributed by atoms with Crippen LogP contribution in [0.4, 0.5) is 0 Å². The largest absolute Gasteiger partial charge is 0.507 e. The van der Waals surface area contributed by atoms with Gasteiger partial charge in [-0.3, -0.25) is 4.79 Å². The minimum Gasteiger partial charge on any atom is -0.507 e. The summed E-state index contributed by atoms with van der Waals surface area (Å²) in [6.07, 6.45) is 5.97. The van der Waals surface area contributed by atoms with Crippen molar-refractivity contribution >= 4 is 5.91 Å². The summed E-state index contributed by atoms with van der Waals surface area (Å²) >= 11 is 0. The Balaban J connectivity index is 1.84. The summed E-state index contributed by atoms with van der Waals surface area (Å²) in [5, 5.41) is 21.7. The third-order valence-electron chi connectivity index (χ3n) is 2.69. The van der Waals surface area contributed by atoms with Crippen LogP contribution in [0.3, 0.4) is 0 Å². The zero-order chi connectivity index (χ0) is 13.7. The number of rotatable bonds is 5. The predicted molar refractivity (Wildman–Crippen MR) is 68.9 cm³/mol. The van der Waals surface area contributed by atoms with E-state index in [9.17, 15) is 15.0 Å². The second kappa shape index (κ2) is 5.90. The molecule has 100 valence electrons. The Morgan fingerprint density at radius 2 is 2.05 bits per heavy atom. The van der Waals surface area contributed by atoms with Crippen LogP contribution in [-0.4, -0.2) is 32.2 Å². The van der Waals surface area contributed by atoms with Crippen molar-refractivity contribution in [1.82, 2.24) is 14.9 Å². The molecule has 0 aliphatic rings. The van der Waals surface area contributed by atoms with Crippen molar-refractivity contribution in [2.45, 2.75) is 13.0 Å². The fraction of sp³-hybridized carbons (Fsp3) is 0.231. The number of benzene rings is 1. The Morgan fingerprint density at radius 1 is 1.32 bits per heavy atom. The topological polar surface area (TPSA) is 87.4 Å². The molecule has 19 heavy (non-hydrogen) atoms. The number of amides is 1. The SMILES string of the molecule is O=C(NCCCn1ccnc1)c1c(O)cccc1O. The second-order valence-corrected chi connectivity index (χ2v) is 4.08. The van der Waals surface area contributed by atoms with Gasteiger partial charge in [0.1, 0.15) is 17.1 Å². The van der Waals surface area contributed by atoms with E-state index in [1.807, 2.05) is 10.8 Å². The number of hydrogen-bond acceptors (Lipinski definition) is 4. The lowest BCUT2D eigenvalue weighted by Gasteiger charge is -2.08. The summed E-state index contributed by atoms with van der Waals surface area (Å²) in [5.74, 6) is -0.944. The summed E-state index contributed by atoms with van der Waals surface area (Å²) in [4.78, 5) is 15.7. The van der Waals surface area contributed by atoms with E-state index in [2.05, 4.69) is 10.3 Å². The highest BCUT2D eigenvalue weighted by Gasteiger charge is 2.14. The van der Waals surface area contributed by atoms with E-state index in [4.69, 9.17) is 0 Å². The Kier molecular flexibility index (Phi) is 4.02. The van der Waals surface area contributed by atoms with Crippen molar-refractivity contribution in [3.05, 3.63) is 42.5 Å². The van der Waals surface area contributed by atoms with Crippen molar-refractivity contribution < 1.29 is 15.0 Å². The van der Waals surface area contributed by atoms with E-state index in [1.165, 1.54) is 18.2 Å². The van der Waals surface area contributed by atoms with Gasteiger partial charge < -0.3 is 20.1 Å². The molecule has 6 heteroatoms. The van der Waals surface area contributed by atoms with Crippen molar-refractivity contribution in [1.29, 1.82) is 0 Å². The van der Waals surface area contributed by atoms with Crippen molar-refractivity contribution in [3.8, 4) is 11.5 Å². The fourth-order valence-electron chi connectivity index (χ4n) is 1.73. The maximum Gasteiger partial charge on any atom is 0.258 e. The van der Waals surface area contributed by atoms with Crippen LogP contribution in [0.15, 0.2) is 36.9 Å². The Bertz CT molecular complexity index is 532. The van der Waals surface area contributed by atoms with Gasteiger partial charge in [0.15, 0.2) is 0 Å². The molecular weight excluding hydrogens is 246 g/mol. The van der Waals surface area contributed by atoms with Crippen molar-refractivity contribution in [2.75, 3.05) is 6.54 Å². The second-order valence-electron chi connectivity index (χ2n) is 4.08. The summed E-state index contributed by atoms with van der Waals surface area (Å²) in [6.45, 7) is 1.19. The number of nitrogens with zero attached hydrogens (tertiary/aromatic N) is 2. The summed E-state index contributed by atoms with van der Waals surface area (Å²) < 4.78 is 1.91. The Labute approximate surface area is 110 Å². The third-order valence-corrected chi connectivity index (χ3v) is 2.69. The van der Waals surface area contributed by atoms with Crippen LogP contribution in [0.25, 0.3) is 0 Å². The smallest absolute Gasteiger partial charge is 0.258 e. The number of imidazole rings is 1. The maximum absolute atomic E-state index is 11.8. The van der Waals surface area contributed by atoms with Crippen LogP contribution in [0.2, 0.25) is 0 Å². The molecule has 1 amide bonds. The molecule has 0 aliphatic heterocycles. The molecule has 0 spiro atoms. The number of carbonyl (C=O) groups is 1. The van der Waals surface area contributed by atoms with Crippen LogP contribution in [0.1, 0.15) is 16.8 Å². The molecule has 3 N–H and O–H groups in total. The molecule has 2 aromatic rings. The molecule has 0 fully saturated rings. The lowest BCUT2D eigenvalue weighted by Crippen LogP contribution is -2.25. The highest BCUT2D eigenvalue weighted by molar-refractivity contribution is 5.99. The Hall–Kier alpha value is -2.50. The molecule has 0 unspecified atom stereocenters. The van der Waals surface area contributed by atoms with Gasteiger partial charge >= 0.3 is 0 Å². The first-order chi connectivity index (χ1) is 9.18. The molecular formula is C13H15N3O3. The monoisotopic (exact) mass is 261 g/mol. The van der Waals surface area contributed by atoms with E-state index in [0.717, 1.165) is 13.0 Å². The molecule has 6 nitrogen and oxygen atoms in total. The quantitative estimate of drug-likeness (QED) is 0.704. The highest BCUT2D eigenvalue weighted by atomic mass is 16.3. The average molecular weight is 261 g/mol. The van der Waals surface area contributed by atoms with Gasteiger partial charge in [-0.15, -0.1) is 0 Å². The zero-order valence-corrected chi connectivity index (χ0v) is 10.3. The molecule has 2 rings (SSSR count). The van der Waals surface area contributed by atoms with Gasteiger partial charge in [0.05, 0.1) is 6.33 Å². The van der Waals surface area contributed by atoms with Gasteiger partial charge in [-0.05, 0) is 18.6 Å². The van der Waals surface area contributed by atoms with Gasteiger partial charge in [0.25, 0.3) is 5.91 Å². The number of aryl methyl sites for hydroxylation is 1. The van der Waals surface area contributed by atoms with E-state index >= 15 is 0 Å². The molecule has 0 atom stereocenters. The Morgan fingerprint density at radius 3 is 2.68 bits per heavy atom. The average Bonchev–Trinajstić information content (AvgIpc) is 2.87. The number of hydrogen-bond donors (Lipinski definition) is 3. The van der Waals surface area contributed by atoms with Gasteiger partial charge in [0.2, 0.25) is 0 Å². The first kappa shape index (κ1) is 12.9.